The zero-order chi connectivity index (χ0) is 11.7. The van der Waals surface area contributed by atoms with E-state index >= 15 is 0 Å². The van der Waals surface area contributed by atoms with Crippen molar-refractivity contribution in [2.75, 3.05) is 0 Å². The Bertz CT molecular complexity index is 530. The van der Waals surface area contributed by atoms with Crippen LogP contribution in [-0.2, 0) is 0 Å². The summed E-state index contributed by atoms with van der Waals surface area (Å²) in [5, 5.41) is 0. The maximum Gasteiger partial charge on any atom is 0.134 e. The Morgan fingerprint density at radius 2 is 1.50 bits per heavy atom. The number of benzene rings is 2. The van der Waals surface area contributed by atoms with Crippen LogP contribution in [0, 0.1) is 25.5 Å². The minimum absolute atomic E-state index is 0.308. The highest BCUT2D eigenvalue weighted by atomic mass is 19.1. The summed E-state index contributed by atoms with van der Waals surface area (Å²) in [5.74, 6) is -0.741. The van der Waals surface area contributed by atoms with Crippen LogP contribution in [0.1, 0.15) is 11.1 Å². The number of halogens is 2. The van der Waals surface area contributed by atoms with E-state index in [9.17, 15) is 8.78 Å². The molecule has 82 valence electrons. The van der Waals surface area contributed by atoms with E-state index in [1.807, 2.05) is 6.92 Å². The normalized spacial score (nSPS) is 10.5. The maximum atomic E-state index is 14.0. The molecule has 0 spiro atoms. The lowest BCUT2D eigenvalue weighted by Gasteiger charge is -2.09. The molecule has 0 amide bonds. The summed E-state index contributed by atoms with van der Waals surface area (Å²) in [4.78, 5) is 0. The summed E-state index contributed by atoms with van der Waals surface area (Å²) in [7, 11) is 0. The summed E-state index contributed by atoms with van der Waals surface area (Å²) in [6.45, 7) is 3.54. The monoisotopic (exact) mass is 218 g/mol. The van der Waals surface area contributed by atoms with Crippen LogP contribution in [-0.4, -0.2) is 0 Å². The molecule has 0 saturated carbocycles. The van der Waals surface area contributed by atoms with Gasteiger partial charge in [0.1, 0.15) is 11.6 Å². The molecule has 0 fully saturated rings. The van der Waals surface area contributed by atoms with Crippen molar-refractivity contribution in [1.82, 2.24) is 0 Å². The molecule has 0 nitrogen and oxygen atoms in total. The van der Waals surface area contributed by atoms with Gasteiger partial charge in [-0.25, -0.2) is 8.78 Å². The maximum absolute atomic E-state index is 14.0. The van der Waals surface area contributed by atoms with E-state index in [1.165, 1.54) is 6.07 Å². The van der Waals surface area contributed by atoms with Gasteiger partial charge in [-0.05, 0) is 31.0 Å². The molecule has 0 aliphatic heterocycles. The highest BCUT2D eigenvalue weighted by molar-refractivity contribution is 5.66. The molecule has 0 aliphatic carbocycles. The number of rotatable bonds is 1. The average Bonchev–Trinajstić information content (AvgIpc) is 2.28. The van der Waals surface area contributed by atoms with Gasteiger partial charge in [0.05, 0.1) is 0 Å². The Kier molecular flexibility index (Phi) is 2.73. The zero-order valence-electron chi connectivity index (χ0n) is 9.22. The van der Waals surface area contributed by atoms with Gasteiger partial charge >= 0.3 is 0 Å². The molecular weight excluding hydrogens is 206 g/mol. The van der Waals surface area contributed by atoms with E-state index in [2.05, 4.69) is 0 Å². The van der Waals surface area contributed by atoms with E-state index in [0.717, 1.165) is 5.56 Å². The number of hydrogen-bond donors (Lipinski definition) is 0. The Hall–Kier alpha value is -1.70. The second-order valence-corrected chi connectivity index (χ2v) is 3.85. The molecule has 0 unspecified atom stereocenters. The van der Waals surface area contributed by atoms with Crippen LogP contribution >= 0.6 is 0 Å². The SMILES string of the molecule is Cc1ccc(-c2ccccc2F)c(F)c1C. The van der Waals surface area contributed by atoms with Gasteiger partial charge in [-0.15, -0.1) is 0 Å². The molecule has 0 heterocycles. The molecule has 0 aliphatic rings. The van der Waals surface area contributed by atoms with Crippen molar-refractivity contribution >= 4 is 0 Å². The third-order valence-corrected chi connectivity index (χ3v) is 2.82. The van der Waals surface area contributed by atoms with E-state index in [0.29, 0.717) is 16.7 Å². The van der Waals surface area contributed by atoms with Gasteiger partial charge < -0.3 is 0 Å². The zero-order valence-corrected chi connectivity index (χ0v) is 9.22. The second kappa shape index (κ2) is 4.05. The molecule has 0 radical (unpaired) electrons. The first-order valence-corrected chi connectivity index (χ1v) is 5.12. The summed E-state index contributed by atoms with van der Waals surface area (Å²) >= 11 is 0. The van der Waals surface area contributed by atoms with Crippen molar-refractivity contribution in [3.8, 4) is 11.1 Å². The van der Waals surface area contributed by atoms with E-state index in [1.54, 1.807) is 37.3 Å². The van der Waals surface area contributed by atoms with E-state index in [4.69, 9.17) is 0 Å². The molecule has 2 aromatic carbocycles. The van der Waals surface area contributed by atoms with Crippen LogP contribution in [0.4, 0.5) is 8.78 Å². The van der Waals surface area contributed by atoms with Gasteiger partial charge in [-0.3, -0.25) is 0 Å². The summed E-state index contributed by atoms with van der Waals surface area (Å²) in [5.41, 5.74) is 2.07. The first kappa shape index (κ1) is 10.8. The third kappa shape index (κ3) is 1.71. The van der Waals surface area contributed by atoms with Gasteiger partial charge in [-0.1, -0.05) is 30.3 Å². The van der Waals surface area contributed by atoms with Crippen LogP contribution in [0.2, 0.25) is 0 Å². The Morgan fingerprint density at radius 1 is 0.812 bits per heavy atom. The second-order valence-electron chi connectivity index (χ2n) is 3.85. The van der Waals surface area contributed by atoms with E-state index in [-0.39, 0.29) is 5.82 Å². The minimum atomic E-state index is -0.398. The molecule has 0 atom stereocenters. The van der Waals surface area contributed by atoms with Crippen LogP contribution in [0.25, 0.3) is 11.1 Å². The molecule has 2 rings (SSSR count). The minimum Gasteiger partial charge on any atom is -0.206 e. The standard InChI is InChI=1S/C14H12F2/c1-9-7-8-12(14(16)10(9)2)11-5-3-4-6-13(11)15/h3-8H,1-2H3. The predicted molar refractivity (Wildman–Crippen MR) is 61.3 cm³/mol. The molecule has 2 aromatic rings. The van der Waals surface area contributed by atoms with Crippen molar-refractivity contribution in [2.45, 2.75) is 13.8 Å². The third-order valence-electron chi connectivity index (χ3n) is 2.82. The first-order valence-electron chi connectivity index (χ1n) is 5.12. The quantitative estimate of drug-likeness (QED) is 0.671. The van der Waals surface area contributed by atoms with Crippen LogP contribution in [0.5, 0.6) is 0 Å². The lowest BCUT2D eigenvalue weighted by atomic mass is 9.99. The Labute approximate surface area is 93.5 Å². The topological polar surface area (TPSA) is 0 Å². The Balaban J connectivity index is 2.66. The lowest BCUT2D eigenvalue weighted by Crippen LogP contribution is -1.93. The number of hydrogen-bond acceptors (Lipinski definition) is 0. The van der Waals surface area contributed by atoms with Crippen LogP contribution in [0.3, 0.4) is 0 Å². The highest BCUT2D eigenvalue weighted by Crippen LogP contribution is 2.28. The fourth-order valence-corrected chi connectivity index (χ4v) is 1.67. The Morgan fingerprint density at radius 3 is 2.19 bits per heavy atom. The van der Waals surface area contributed by atoms with Crippen molar-refractivity contribution in [1.29, 1.82) is 0 Å². The first-order chi connectivity index (χ1) is 7.61. The predicted octanol–water partition coefficient (Wildman–Crippen LogP) is 4.25. The average molecular weight is 218 g/mol. The summed E-state index contributed by atoms with van der Waals surface area (Å²) in [6, 6.07) is 9.65. The molecule has 0 aromatic heterocycles. The smallest absolute Gasteiger partial charge is 0.134 e. The fourth-order valence-electron chi connectivity index (χ4n) is 1.67. The van der Waals surface area contributed by atoms with Crippen molar-refractivity contribution in [3.63, 3.8) is 0 Å². The summed E-state index contributed by atoms with van der Waals surface area (Å²) < 4.78 is 27.5. The van der Waals surface area contributed by atoms with Crippen LogP contribution in [0.15, 0.2) is 36.4 Å². The van der Waals surface area contributed by atoms with Crippen molar-refractivity contribution < 1.29 is 8.78 Å². The van der Waals surface area contributed by atoms with Gasteiger partial charge in [0, 0.05) is 11.1 Å². The van der Waals surface area contributed by atoms with Gasteiger partial charge in [0.15, 0.2) is 0 Å². The van der Waals surface area contributed by atoms with Crippen molar-refractivity contribution in [3.05, 3.63) is 59.2 Å². The van der Waals surface area contributed by atoms with E-state index < -0.39 is 5.82 Å². The molecule has 0 saturated heterocycles. The van der Waals surface area contributed by atoms with Gasteiger partial charge in [-0.2, -0.15) is 0 Å². The molecular formula is C14H12F2. The molecule has 16 heavy (non-hydrogen) atoms. The lowest BCUT2D eigenvalue weighted by molar-refractivity contribution is 0.610. The molecule has 0 N–H and O–H groups in total. The highest BCUT2D eigenvalue weighted by Gasteiger charge is 2.12. The van der Waals surface area contributed by atoms with Gasteiger partial charge in [0.25, 0.3) is 0 Å². The number of aryl methyl sites for hydroxylation is 1. The fraction of sp³-hybridized carbons (Fsp3) is 0.143. The summed E-state index contributed by atoms with van der Waals surface area (Å²) in [6.07, 6.45) is 0. The largest absolute Gasteiger partial charge is 0.206 e. The van der Waals surface area contributed by atoms with Gasteiger partial charge in [0.2, 0.25) is 0 Å². The van der Waals surface area contributed by atoms with Crippen LogP contribution < -0.4 is 0 Å². The van der Waals surface area contributed by atoms with Crippen molar-refractivity contribution in [2.24, 2.45) is 0 Å². The molecule has 0 bridgehead atoms. The molecule has 2 heteroatoms.